The van der Waals surface area contributed by atoms with E-state index in [0.717, 1.165) is 63.2 Å². The van der Waals surface area contributed by atoms with Gasteiger partial charge < -0.3 is 9.47 Å². The average Bonchev–Trinajstić information content (AvgIpc) is 2.79. The van der Waals surface area contributed by atoms with Crippen molar-refractivity contribution in [2.45, 2.75) is 119 Å². The molecule has 1 rings (SSSR count). The van der Waals surface area contributed by atoms with Crippen molar-refractivity contribution in [1.29, 1.82) is 0 Å². The van der Waals surface area contributed by atoms with Gasteiger partial charge in [-0.25, -0.2) is 0 Å². The first-order valence-electron chi connectivity index (χ1n) is 13.6. The zero-order chi connectivity index (χ0) is 23.9. The molecule has 0 saturated heterocycles. The Morgan fingerprint density at radius 2 is 0.938 bits per heavy atom. The molecule has 0 amide bonds. The van der Waals surface area contributed by atoms with Crippen molar-refractivity contribution in [3.63, 3.8) is 0 Å². The van der Waals surface area contributed by atoms with Crippen LogP contribution in [0.1, 0.15) is 119 Å². The molecule has 4 unspecified atom stereocenters. The predicted octanol–water partition coefficient (Wildman–Crippen LogP) is 7.58. The van der Waals surface area contributed by atoms with Gasteiger partial charge in [0.15, 0.2) is 0 Å². The summed E-state index contributed by atoms with van der Waals surface area (Å²) >= 11 is 0. The van der Waals surface area contributed by atoms with Crippen LogP contribution >= 0.6 is 0 Å². The molecule has 4 heteroatoms. The predicted molar refractivity (Wildman–Crippen MR) is 132 cm³/mol. The highest BCUT2D eigenvalue weighted by molar-refractivity contribution is 5.75. The van der Waals surface area contributed by atoms with Crippen molar-refractivity contribution in [3.05, 3.63) is 0 Å². The first kappa shape index (κ1) is 29.0. The molecule has 0 bridgehead atoms. The molecule has 1 aliphatic carbocycles. The van der Waals surface area contributed by atoms with Gasteiger partial charge in [0.2, 0.25) is 0 Å². The van der Waals surface area contributed by atoms with E-state index in [1.165, 1.54) is 25.7 Å². The minimum Gasteiger partial charge on any atom is -0.465 e. The van der Waals surface area contributed by atoms with E-state index in [4.69, 9.17) is 9.47 Å². The standard InChI is InChI=1S/C28H52O4/c1-7-11-21(3)23(5)13-9-19-31-27(29)25-15-17-26(18-16-25)28(30)32-20-10-14-24(6)22(4)12-8-2/h21-26H,7-20H2,1-6H3. The van der Waals surface area contributed by atoms with Crippen molar-refractivity contribution in [1.82, 2.24) is 0 Å². The third-order valence-corrected chi connectivity index (χ3v) is 7.92. The van der Waals surface area contributed by atoms with E-state index in [1.807, 2.05) is 0 Å². The molecule has 1 saturated carbocycles. The maximum absolute atomic E-state index is 12.4. The Morgan fingerprint density at radius 3 is 1.25 bits per heavy atom. The van der Waals surface area contributed by atoms with Crippen molar-refractivity contribution in [2.24, 2.45) is 35.5 Å². The van der Waals surface area contributed by atoms with E-state index in [-0.39, 0.29) is 23.8 Å². The van der Waals surface area contributed by atoms with E-state index in [0.29, 0.717) is 25.0 Å². The zero-order valence-corrected chi connectivity index (χ0v) is 22.0. The van der Waals surface area contributed by atoms with Gasteiger partial charge in [-0.2, -0.15) is 0 Å². The van der Waals surface area contributed by atoms with E-state index >= 15 is 0 Å². The lowest BCUT2D eigenvalue weighted by atomic mass is 9.82. The van der Waals surface area contributed by atoms with E-state index in [2.05, 4.69) is 41.5 Å². The lowest BCUT2D eigenvalue weighted by Gasteiger charge is -2.26. The molecular formula is C28H52O4. The largest absolute Gasteiger partial charge is 0.465 e. The fourth-order valence-electron chi connectivity index (χ4n) is 5.01. The second-order valence-corrected chi connectivity index (χ2v) is 10.7. The average molecular weight is 453 g/mol. The number of carbonyl (C=O) groups excluding carboxylic acids is 2. The fourth-order valence-corrected chi connectivity index (χ4v) is 5.01. The highest BCUT2D eigenvalue weighted by atomic mass is 16.5. The van der Waals surface area contributed by atoms with Crippen LogP contribution in [0.15, 0.2) is 0 Å². The van der Waals surface area contributed by atoms with Gasteiger partial charge >= 0.3 is 11.9 Å². The van der Waals surface area contributed by atoms with Crippen LogP contribution in [-0.4, -0.2) is 25.2 Å². The zero-order valence-electron chi connectivity index (χ0n) is 22.0. The molecular weight excluding hydrogens is 400 g/mol. The van der Waals surface area contributed by atoms with Crippen LogP contribution in [0, 0.1) is 35.5 Å². The Hall–Kier alpha value is -1.06. The summed E-state index contributed by atoms with van der Waals surface area (Å²) in [4.78, 5) is 24.8. The van der Waals surface area contributed by atoms with Crippen LogP contribution in [0.3, 0.4) is 0 Å². The Morgan fingerprint density at radius 1 is 0.625 bits per heavy atom. The molecule has 0 radical (unpaired) electrons. The van der Waals surface area contributed by atoms with Gasteiger partial charge in [0.05, 0.1) is 25.0 Å². The van der Waals surface area contributed by atoms with Gasteiger partial charge in [-0.3, -0.25) is 9.59 Å². The van der Waals surface area contributed by atoms with Gasteiger partial charge in [0.1, 0.15) is 0 Å². The second kappa shape index (κ2) is 16.5. The summed E-state index contributed by atoms with van der Waals surface area (Å²) in [5, 5.41) is 0. The summed E-state index contributed by atoms with van der Waals surface area (Å²) in [6.07, 6.45) is 12.1. The molecule has 0 N–H and O–H groups in total. The van der Waals surface area contributed by atoms with Crippen molar-refractivity contribution >= 4 is 11.9 Å². The monoisotopic (exact) mass is 452 g/mol. The fraction of sp³-hybridized carbons (Fsp3) is 0.929. The van der Waals surface area contributed by atoms with Crippen molar-refractivity contribution in [2.75, 3.05) is 13.2 Å². The minimum atomic E-state index is -0.0683. The van der Waals surface area contributed by atoms with E-state index in [1.54, 1.807) is 0 Å². The van der Waals surface area contributed by atoms with Crippen LogP contribution in [-0.2, 0) is 19.1 Å². The maximum Gasteiger partial charge on any atom is 0.308 e. The van der Waals surface area contributed by atoms with E-state index in [9.17, 15) is 9.59 Å². The summed E-state index contributed by atoms with van der Waals surface area (Å²) in [5.74, 6) is 2.60. The molecule has 0 aromatic rings. The van der Waals surface area contributed by atoms with Crippen LogP contribution in [0.4, 0.5) is 0 Å². The molecule has 4 nitrogen and oxygen atoms in total. The summed E-state index contributed by atoms with van der Waals surface area (Å²) in [6.45, 7) is 14.8. The third kappa shape index (κ3) is 11.2. The minimum absolute atomic E-state index is 0.0450. The quantitative estimate of drug-likeness (QED) is 0.179. The Bertz CT molecular complexity index is 464. The van der Waals surface area contributed by atoms with Crippen LogP contribution in [0.2, 0.25) is 0 Å². The molecule has 0 heterocycles. The number of ether oxygens (including phenoxy) is 2. The van der Waals surface area contributed by atoms with Crippen molar-refractivity contribution in [3.8, 4) is 0 Å². The summed E-state index contributed by atoms with van der Waals surface area (Å²) in [6, 6.07) is 0. The first-order valence-corrected chi connectivity index (χ1v) is 13.6. The molecule has 0 aromatic carbocycles. The normalized spacial score (nSPS) is 22.6. The number of hydrogen-bond acceptors (Lipinski definition) is 4. The van der Waals surface area contributed by atoms with Gasteiger partial charge in [-0.1, -0.05) is 67.2 Å². The number of esters is 2. The Labute approximate surface area is 198 Å². The summed E-state index contributed by atoms with van der Waals surface area (Å²) in [7, 11) is 0. The Balaban J connectivity index is 2.16. The number of rotatable bonds is 16. The van der Waals surface area contributed by atoms with E-state index < -0.39 is 0 Å². The van der Waals surface area contributed by atoms with Gasteiger partial charge in [0, 0.05) is 0 Å². The lowest BCUT2D eigenvalue weighted by molar-refractivity contribution is -0.155. The van der Waals surface area contributed by atoms with Crippen molar-refractivity contribution < 1.29 is 19.1 Å². The smallest absolute Gasteiger partial charge is 0.308 e. The highest BCUT2D eigenvalue weighted by Crippen LogP contribution is 2.31. The van der Waals surface area contributed by atoms with Gasteiger partial charge in [-0.05, 0) is 75.0 Å². The number of hydrogen-bond donors (Lipinski definition) is 0. The number of carbonyl (C=O) groups is 2. The SMILES string of the molecule is CCCC(C)C(C)CCCOC(=O)C1CCC(C(=O)OCCCC(C)C(C)CCC)CC1. The Kier molecular flexibility index (Phi) is 15.0. The maximum atomic E-state index is 12.4. The first-order chi connectivity index (χ1) is 15.3. The molecule has 32 heavy (non-hydrogen) atoms. The highest BCUT2D eigenvalue weighted by Gasteiger charge is 2.31. The summed E-state index contributed by atoms with van der Waals surface area (Å²) in [5.41, 5.74) is 0. The van der Waals surface area contributed by atoms with Crippen LogP contribution in [0.5, 0.6) is 0 Å². The molecule has 188 valence electrons. The topological polar surface area (TPSA) is 52.6 Å². The third-order valence-electron chi connectivity index (χ3n) is 7.92. The molecule has 0 spiro atoms. The van der Waals surface area contributed by atoms with Crippen LogP contribution in [0.25, 0.3) is 0 Å². The molecule has 1 fully saturated rings. The molecule has 4 atom stereocenters. The molecule has 0 aliphatic heterocycles. The van der Waals surface area contributed by atoms with Gasteiger partial charge in [-0.15, -0.1) is 0 Å². The lowest BCUT2D eigenvalue weighted by Crippen LogP contribution is -2.28. The van der Waals surface area contributed by atoms with Gasteiger partial charge in [0.25, 0.3) is 0 Å². The second-order valence-electron chi connectivity index (χ2n) is 10.7. The molecule has 0 aromatic heterocycles. The van der Waals surface area contributed by atoms with Crippen LogP contribution < -0.4 is 0 Å². The molecule has 1 aliphatic rings. The summed E-state index contributed by atoms with van der Waals surface area (Å²) < 4.78 is 11.1.